The Morgan fingerprint density at radius 2 is 2.44 bits per heavy atom. The molecule has 1 aromatic heterocycles. The van der Waals surface area contributed by atoms with Crippen molar-refractivity contribution in [3.63, 3.8) is 0 Å². The van der Waals surface area contributed by atoms with Crippen molar-refractivity contribution in [2.45, 2.75) is 26.3 Å². The molecule has 1 aromatic rings. The third-order valence-corrected chi connectivity index (χ3v) is 1.79. The number of aliphatic imine (C=N–C) groups is 1. The van der Waals surface area contributed by atoms with Gasteiger partial charge in [0, 0.05) is 0 Å². The predicted molar refractivity (Wildman–Crippen MR) is 62.3 cm³/mol. The van der Waals surface area contributed by atoms with Gasteiger partial charge < -0.3 is 10.4 Å². The minimum Gasteiger partial charge on any atom is -0.422 e. The zero-order valence-corrected chi connectivity index (χ0v) is 9.37. The van der Waals surface area contributed by atoms with E-state index >= 15 is 0 Å². The van der Waals surface area contributed by atoms with Crippen molar-refractivity contribution in [3.05, 3.63) is 30.7 Å². The maximum Gasteiger partial charge on any atom is 0.248 e. The van der Waals surface area contributed by atoms with Crippen LogP contribution in [0.2, 0.25) is 0 Å². The van der Waals surface area contributed by atoms with Gasteiger partial charge in [-0.2, -0.15) is 5.26 Å². The summed E-state index contributed by atoms with van der Waals surface area (Å²) in [5.41, 5.74) is 0. The molecule has 0 unspecified atom stereocenters. The van der Waals surface area contributed by atoms with E-state index in [1.807, 2.05) is 17.1 Å². The summed E-state index contributed by atoms with van der Waals surface area (Å²) in [6.45, 7) is 6.98. The summed E-state index contributed by atoms with van der Waals surface area (Å²) >= 11 is 0. The van der Waals surface area contributed by atoms with E-state index in [9.17, 15) is 0 Å². The molecule has 0 aliphatic rings. The highest BCUT2D eigenvalue weighted by atomic mass is 15.1. The Morgan fingerprint density at radius 1 is 1.69 bits per heavy atom. The van der Waals surface area contributed by atoms with Gasteiger partial charge in [0.1, 0.15) is 12.4 Å². The van der Waals surface area contributed by atoms with E-state index in [2.05, 4.69) is 29.3 Å². The Bertz CT molecular complexity index is 393. The molecule has 0 fully saturated rings. The maximum atomic E-state index is 7.43. The summed E-state index contributed by atoms with van der Waals surface area (Å²) in [6, 6.07) is 1.28. The first-order valence-electron chi connectivity index (χ1n) is 4.95. The van der Waals surface area contributed by atoms with E-state index < -0.39 is 0 Å². The van der Waals surface area contributed by atoms with Crippen LogP contribution in [0.25, 0.3) is 11.6 Å². The van der Waals surface area contributed by atoms with Crippen LogP contribution in [0.3, 0.4) is 0 Å². The second-order valence-electron chi connectivity index (χ2n) is 2.95. The monoisotopic (exact) mass is 217 g/mol. The summed E-state index contributed by atoms with van der Waals surface area (Å²) in [7, 11) is 0. The molecule has 1 rings (SSSR count). The van der Waals surface area contributed by atoms with Crippen LogP contribution in [0, 0.1) is 11.5 Å². The van der Waals surface area contributed by atoms with E-state index in [4.69, 9.17) is 10.7 Å². The van der Waals surface area contributed by atoms with Crippen molar-refractivity contribution in [2.75, 3.05) is 0 Å². The van der Waals surface area contributed by atoms with Crippen molar-refractivity contribution >= 4 is 12.2 Å². The third kappa shape index (κ3) is 6.30. The minimum atomic E-state index is 1.11. The first-order valence-corrected chi connectivity index (χ1v) is 4.95. The van der Waals surface area contributed by atoms with Gasteiger partial charge >= 0.3 is 0 Å². The van der Waals surface area contributed by atoms with Crippen LogP contribution < -0.4 is 4.57 Å². The van der Waals surface area contributed by atoms with Gasteiger partial charge in [0.2, 0.25) is 6.33 Å². The lowest BCUT2D eigenvalue weighted by Gasteiger charge is -1.90. The van der Waals surface area contributed by atoms with Crippen LogP contribution in [-0.4, -0.2) is 10.6 Å². The molecule has 1 heterocycles. The van der Waals surface area contributed by atoms with Gasteiger partial charge in [0.05, 0.1) is 18.9 Å². The average Bonchev–Trinajstić information content (AvgIpc) is 2.76. The fraction of sp³-hybridized carbons (Fsp3) is 0.364. The molecule has 0 radical (unpaired) electrons. The van der Waals surface area contributed by atoms with Crippen LogP contribution in [0.1, 0.15) is 19.8 Å². The molecule has 0 amide bonds. The molecule has 16 heavy (non-hydrogen) atoms. The number of imidazole rings is 1. The molecule has 0 atom stereocenters. The Hall–Kier alpha value is -2.18. The Morgan fingerprint density at radius 3 is 2.81 bits per heavy atom. The molecule has 5 nitrogen and oxygen atoms in total. The highest BCUT2D eigenvalue weighted by Gasteiger charge is 1.97. The number of nitriles is 1. The van der Waals surface area contributed by atoms with Crippen molar-refractivity contribution in [1.82, 2.24) is 4.57 Å². The third-order valence-electron chi connectivity index (χ3n) is 1.79. The molecular formula is C11H15N5. The quantitative estimate of drug-likeness (QED) is 0.431. The summed E-state index contributed by atoms with van der Waals surface area (Å²) < 4.78 is 4.13. The molecule has 0 aromatic carbocycles. The van der Waals surface area contributed by atoms with E-state index in [0.717, 1.165) is 6.54 Å². The number of hydrogen-bond donors (Lipinski definition) is 0. The topological polar surface area (TPSA) is 67.3 Å². The number of hydrogen-bond acceptors (Lipinski definition) is 2. The normalized spacial score (nSPS) is 8.00. The fourth-order valence-electron chi connectivity index (χ4n) is 1.01. The molecule has 5 heteroatoms. The maximum absolute atomic E-state index is 7.43. The molecule has 84 valence electrons. The number of aryl methyl sites for hydroxylation is 1. The molecule has 0 saturated heterocycles. The second-order valence-corrected chi connectivity index (χ2v) is 2.95. The van der Waals surface area contributed by atoms with Gasteiger partial charge in [-0.15, -0.1) is 6.01 Å². The highest BCUT2D eigenvalue weighted by Crippen LogP contribution is 1.88. The molecular weight excluding hydrogens is 202 g/mol. The van der Waals surface area contributed by atoms with Crippen molar-refractivity contribution in [1.29, 1.82) is 5.26 Å². The lowest BCUT2D eigenvalue weighted by molar-refractivity contribution is -0.696. The zero-order chi connectivity index (χ0) is 12.2. The molecule has 0 N–H and O–H groups in total. The minimum absolute atomic E-state index is 1.11. The fourth-order valence-corrected chi connectivity index (χ4v) is 1.01. The van der Waals surface area contributed by atoms with E-state index in [1.165, 1.54) is 25.0 Å². The van der Waals surface area contributed by atoms with Gasteiger partial charge in [-0.25, -0.2) is 9.13 Å². The number of nitrogens with zero attached hydrogens (tertiary/aromatic N) is 5. The number of aromatic nitrogens is 2. The van der Waals surface area contributed by atoms with Gasteiger partial charge in [-0.1, -0.05) is 19.9 Å². The summed E-state index contributed by atoms with van der Waals surface area (Å²) in [4.78, 5) is 2.58. The molecule has 0 aliphatic heterocycles. The Balaban J connectivity index is 0.000000385. The lowest BCUT2D eigenvalue weighted by atomic mass is 10.3. The van der Waals surface area contributed by atoms with E-state index in [-0.39, 0.29) is 0 Å². The SMILES string of the molecule is C=Cn1cc[n+](CCCC)c1.N#CN=C=[N-]. The van der Waals surface area contributed by atoms with Crippen molar-refractivity contribution in [2.24, 2.45) is 4.99 Å². The van der Waals surface area contributed by atoms with Crippen LogP contribution in [-0.2, 0) is 6.54 Å². The Kier molecular flexibility index (Phi) is 8.10. The second kappa shape index (κ2) is 9.38. The van der Waals surface area contributed by atoms with Gasteiger partial charge in [0.15, 0.2) is 0 Å². The predicted octanol–water partition coefficient (Wildman–Crippen LogP) is 1.89. The molecule has 0 bridgehead atoms. The smallest absolute Gasteiger partial charge is 0.248 e. The van der Waals surface area contributed by atoms with Gasteiger partial charge in [-0.3, -0.25) is 0 Å². The summed E-state index contributed by atoms with van der Waals surface area (Å²) in [6.07, 6.45) is 11.7. The average molecular weight is 217 g/mol. The van der Waals surface area contributed by atoms with E-state index in [0.29, 0.717) is 0 Å². The van der Waals surface area contributed by atoms with Crippen LogP contribution in [0.15, 0.2) is 30.3 Å². The van der Waals surface area contributed by atoms with Crippen molar-refractivity contribution in [3.8, 4) is 6.19 Å². The molecule has 0 spiro atoms. The van der Waals surface area contributed by atoms with Crippen LogP contribution >= 0.6 is 0 Å². The molecule has 0 saturated carbocycles. The summed E-state index contributed by atoms with van der Waals surface area (Å²) in [5, 5.41) is 14.9. The van der Waals surface area contributed by atoms with Crippen molar-refractivity contribution < 1.29 is 4.57 Å². The van der Waals surface area contributed by atoms with Gasteiger partial charge in [0.25, 0.3) is 0 Å². The van der Waals surface area contributed by atoms with E-state index in [1.54, 1.807) is 6.20 Å². The standard InChI is InChI=1S/C9H15N2.C2N3/c1-3-5-6-11-8-7-10(4-2)9-11;3-1-5-2-4/h4,7-9H,2-3,5-6H2,1H3;/q+1;-1. The first-order chi connectivity index (χ1) is 7.78. The largest absolute Gasteiger partial charge is 0.422 e. The lowest BCUT2D eigenvalue weighted by Crippen LogP contribution is -2.30. The summed E-state index contributed by atoms with van der Waals surface area (Å²) in [5.74, 6) is 0. The highest BCUT2D eigenvalue weighted by molar-refractivity contribution is 5.46. The van der Waals surface area contributed by atoms with Gasteiger partial charge in [-0.05, 0) is 6.42 Å². The number of rotatable bonds is 4. The van der Waals surface area contributed by atoms with Crippen LogP contribution in [0.5, 0.6) is 0 Å². The number of unbranched alkanes of at least 4 members (excludes halogenated alkanes) is 1. The first kappa shape index (κ1) is 13.8. The zero-order valence-electron chi connectivity index (χ0n) is 9.37. The molecule has 0 aliphatic carbocycles. The van der Waals surface area contributed by atoms with Crippen LogP contribution in [0.4, 0.5) is 0 Å². The Labute approximate surface area is 95.5 Å².